The van der Waals surface area contributed by atoms with Gasteiger partial charge in [0.1, 0.15) is 11.5 Å². The summed E-state index contributed by atoms with van der Waals surface area (Å²) in [7, 11) is -7.75. The minimum Gasteiger partial charge on any atom is -0.346 e. The van der Waals surface area contributed by atoms with Crippen LogP contribution in [0.3, 0.4) is 0 Å². The number of hydrogen-bond donors (Lipinski definition) is 2. The second-order valence-corrected chi connectivity index (χ2v) is 15.7. The number of hydrogen-bond acceptors (Lipinski definition) is 4. The van der Waals surface area contributed by atoms with E-state index in [1.54, 1.807) is 67.6 Å². The molecule has 6 aromatic carbocycles. The van der Waals surface area contributed by atoms with Crippen LogP contribution in [-0.2, 0) is 44.6 Å². The van der Waals surface area contributed by atoms with Gasteiger partial charge in [-0.1, -0.05) is 224 Å². The Morgan fingerprint density at radius 2 is 0.597 bits per heavy atom. The zero-order valence-electron chi connectivity index (χ0n) is 38.5. The molecule has 1 fully saturated rings. The van der Waals surface area contributed by atoms with Crippen LogP contribution < -0.4 is 37.7 Å². The van der Waals surface area contributed by atoms with E-state index in [0.717, 1.165) is 12.8 Å². The summed E-state index contributed by atoms with van der Waals surface area (Å²) in [6.07, 6.45) is 11.0. The van der Waals surface area contributed by atoms with E-state index in [1.165, 1.54) is 49.7 Å². The molecule has 0 amide bonds. The third kappa shape index (κ3) is 49.0. The van der Waals surface area contributed by atoms with Crippen LogP contribution in [-0.4, -0.2) is 25.9 Å². The molecule has 7 rings (SSSR count). The molecule has 6 aromatic rings. The van der Waals surface area contributed by atoms with Crippen molar-refractivity contribution in [3.05, 3.63) is 223 Å². The monoisotopic (exact) mass is 868 g/mol. The van der Waals surface area contributed by atoms with Crippen molar-refractivity contribution in [2.45, 2.75) is 97.5 Å². The second kappa shape index (κ2) is 46.8. The van der Waals surface area contributed by atoms with E-state index in [0.29, 0.717) is 11.1 Å². The predicted molar refractivity (Wildman–Crippen MR) is 257 cm³/mol. The Hall–Kier alpha value is -3.67. The summed E-state index contributed by atoms with van der Waals surface area (Å²) >= 11 is 0. The number of benzene rings is 6. The molecule has 0 radical (unpaired) electrons. The molecule has 0 saturated heterocycles. The molecule has 6 nitrogen and oxygen atoms in total. The van der Waals surface area contributed by atoms with E-state index in [-0.39, 0.29) is 49.2 Å². The average molecular weight is 869 g/mol. The topological polar surface area (TPSA) is 109 Å². The third-order valence-electron chi connectivity index (χ3n) is 7.41. The van der Waals surface area contributed by atoms with E-state index in [2.05, 4.69) is 89.2 Å². The average Bonchev–Trinajstić information content (AvgIpc) is 3.88. The SMILES string of the molecule is C1CCCC1.CCC.CCc1ccccc1.CCc1ccccc1.O=S(=O)(O)Cc1ccccc1.O=S(=O)(O)Cc1ccccc1.[CH2-]C.[Li+].[Li+].[c-]1ccccc1.c1ccccc1. The molecule has 62 heavy (non-hydrogen) atoms. The van der Waals surface area contributed by atoms with Crippen molar-refractivity contribution in [1.29, 1.82) is 0 Å². The van der Waals surface area contributed by atoms with Gasteiger partial charge in [0.25, 0.3) is 20.2 Å². The van der Waals surface area contributed by atoms with E-state index in [4.69, 9.17) is 9.11 Å². The van der Waals surface area contributed by atoms with Gasteiger partial charge in [-0.15, -0.1) is 0 Å². The molecular weight excluding hydrogens is 799 g/mol. The summed E-state index contributed by atoms with van der Waals surface area (Å²) in [5.74, 6) is -0.623. The summed E-state index contributed by atoms with van der Waals surface area (Å²) in [6.45, 7) is 13.6. The number of aryl methyl sites for hydroxylation is 2. The van der Waals surface area contributed by atoms with Crippen LogP contribution in [0.4, 0.5) is 0 Å². The Bertz CT molecular complexity index is 1740. The summed E-state index contributed by atoms with van der Waals surface area (Å²) in [5.41, 5.74) is 4.00. The van der Waals surface area contributed by atoms with Crippen LogP contribution >= 0.6 is 0 Å². The van der Waals surface area contributed by atoms with Crippen molar-refractivity contribution in [2.75, 3.05) is 0 Å². The van der Waals surface area contributed by atoms with Gasteiger partial charge in [-0.3, -0.25) is 9.11 Å². The first-order valence-electron chi connectivity index (χ1n) is 20.6. The Kier molecular flexibility index (Phi) is 49.1. The van der Waals surface area contributed by atoms with Crippen LogP contribution in [0.1, 0.15) is 95.4 Å². The maximum absolute atomic E-state index is 10.4. The molecule has 10 heteroatoms. The standard InChI is InChI=1S/2C8H10.2C7H8O3S.C6H6.C6H5.C5H10.C3H8.C2H5.2Li/c2*1-2-8-6-4-3-5-7-8;2*8-11(9,10)6-7-4-2-1-3-5-7;2*1-2-4-6-5-3-1;1-2-4-5-3-1;1-3-2;1-2;;/h2*3-7H,2H2,1H3;2*1-5H,6H2,(H,8,9,10);1-6H;1-5H;1-5H2;3H2,1-2H3;1H2,2H3;;/q;;;;;-1;;;-1;2*+1. The van der Waals surface area contributed by atoms with Gasteiger partial charge in [0.15, 0.2) is 0 Å². The Balaban J connectivity index is -0.000000313. The van der Waals surface area contributed by atoms with Gasteiger partial charge in [0.2, 0.25) is 0 Å². The summed E-state index contributed by atoms with van der Waals surface area (Å²) < 4.78 is 58.3. The van der Waals surface area contributed by atoms with Crippen LogP contribution in [0.25, 0.3) is 0 Å². The quantitative estimate of drug-likeness (QED) is 0.0998. The molecule has 0 spiro atoms. The van der Waals surface area contributed by atoms with Gasteiger partial charge < -0.3 is 6.92 Å². The molecular formula is C52H70Li2O6S2. The second-order valence-electron chi connectivity index (χ2n) is 12.8. The zero-order valence-corrected chi connectivity index (χ0v) is 40.2. The fraction of sp³-hybridized carbons (Fsp3) is 0.288. The maximum Gasteiger partial charge on any atom is 1.00 e. The first kappa shape index (κ1) is 65.0. The summed E-state index contributed by atoms with van der Waals surface area (Å²) in [6, 6.07) is 62.5. The van der Waals surface area contributed by atoms with Gasteiger partial charge in [0.05, 0.1) is 0 Å². The predicted octanol–water partition coefficient (Wildman–Crippen LogP) is 8.04. The van der Waals surface area contributed by atoms with Crippen LogP contribution in [0.15, 0.2) is 188 Å². The summed E-state index contributed by atoms with van der Waals surface area (Å²) in [5, 5.41) is 0. The van der Waals surface area contributed by atoms with E-state index < -0.39 is 20.2 Å². The fourth-order valence-electron chi connectivity index (χ4n) is 4.61. The summed E-state index contributed by atoms with van der Waals surface area (Å²) in [4.78, 5) is 0. The van der Waals surface area contributed by atoms with Crippen LogP contribution in [0.2, 0.25) is 0 Å². The molecule has 1 saturated carbocycles. The molecule has 0 bridgehead atoms. The molecule has 0 unspecified atom stereocenters. The van der Waals surface area contributed by atoms with Crippen molar-refractivity contribution in [2.24, 2.45) is 0 Å². The minimum absolute atomic E-state index is 0. The molecule has 0 aliphatic heterocycles. The van der Waals surface area contributed by atoms with Gasteiger partial charge >= 0.3 is 37.7 Å². The minimum atomic E-state index is -3.88. The first-order valence-corrected chi connectivity index (χ1v) is 23.8. The molecule has 1 aliphatic carbocycles. The molecule has 0 heterocycles. The van der Waals surface area contributed by atoms with Gasteiger partial charge in [-0.05, 0) is 35.1 Å². The van der Waals surface area contributed by atoms with Crippen molar-refractivity contribution < 1.29 is 63.7 Å². The van der Waals surface area contributed by atoms with Gasteiger partial charge in [-0.2, -0.15) is 60.2 Å². The van der Waals surface area contributed by atoms with Gasteiger partial charge in [-0.25, -0.2) is 0 Å². The smallest absolute Gasteiger partial charge is 0.346 e. The van der Waals surface area contributed by atoms with Crippen LogP contribution in [0, 0.1) is 13.0 Å². The van der Waals surface area contributed by atoms with E-state index >= 15 is 0 Å². The first-order chi connectivity index (χ1) is 28.9. The van der Waals surface area contributed by atoms with Crippen molar-refractivity contribution in [3.63, 3.8) is 0 Å². The molecule has 0 atom stereocenters. The third-order valence-corrected chi connectivity index (χ3v) is 8.81. The number of rotatable bonds is 6. The zero-order chi connectivity index (χ0) is 45.0. The van der Waals surface area contributed by atoms with Crippen molar-refractivity contribution >= 4 is 20.2 Å². The van der Waals surface area contributed by atoms with Crippen molar-refractivity contribution in [3.8, 4) is 0 Å². The Morgan fingerprint density at radius 1 is 0.403 bits per heavy atom. The van der Waals surface area contributed by atoms with Gasteiger partial charge in [0, 0.05) is 0 Å². The van der Waals surface area contributed by atoms with Crippen molar-refractivity contribution in [1.82, 2.24) is 0 Å². The fourth-order valence-corrected chi connectivity index (χ4v) is 5.84. The Labute approximate surface area is 401 Å². The van der Waals surface area contributed by atoms with Crippen LogP contribution in [0.5, 0.6) is 0 Å². The largest absolute Gasteiger partial charge is 1.00 e. The molecule has 2 N–H and O–H groups in total. The Morgan fingerprint density at radius 3 is 0.742 bits per heavy atom. The molecule has 1 aliphatic rings. The van der Waals surface area contributed by atoms with E-state index in [9.17, 15) is 16.8 Å². The van der Waals surface area contributed by atoms with E-state index in [1.807, 2.05) is 78.9 Å². The normalized spacial score (nSPS) is 10.3. The molecule has 0 aromatic heterocycles. The molecule has 328 valence electrons. The maximum atomic E-state index is 10.4.